The number of hydrogen-bond donors (Lipinski definition) is 0. The van der Waals surface area contributed by atoms with Gasteiger partial charge in [-0.15, -0.1) is 6.58 Å². The number of aromatic nitrogens is 3. The lowest BCUT2D eigenvalue weighted by Crippen LogP contribution is -2.22. The van der Waals surface area contributed by atoms with Crippen molar-refractivity contribution in [2.45, 2.75) is 30.3 Å². The van der Waals surface area contributed by atoms with Crippen LogP contribution in [0, 0.1) is 18.6 Å². The molecule has 0 N–H and O–H groups in total. The fourth-order valence-electron chi connectivity index (χ4n) is 3.42. The maximum atomic E-state index is 14.8. The molecule has 1 fully saturated rings. The van der Waals surface area contributed by atoms with Crippen LogP contribution in [0.4, 0.5) is 8.78 Å². The van der Waals surface area contributed by atoms with Crippen LogP contribution in [0.15, 0.2) is 60.3 Å². The summed E-state index contributed by atoms with van der Waals surface area (Å²) in [5.74, 6) is -0.0571. The van der Waals surface area contributed by atoms with E-state index in [9.17, 15) is 8.78 Å². The van der Waals surface area contributed by atoms with Gasteiger partial charge in [-0.05, 0) is 19.1 Å². The van der Waals surface area contributed by atoms with Crippen molar-refractivity contribution in [1.82, 2.24) is 14.8 Å². The lowest BCUT2D eigenvalue weighted by atomic mass is 9.91. The Bertz CT molecular complexity index is 1070. The summed E-state index contributed by atoms with van der Waals surface area (Å²) in [4.78, 5) is 4.44. The molecular weight excluding hydrogens is 416 g/mol. The second kappa shape index (κ2) is 7.89. The van der Waals surface area contributed by atoms with Gasteiger partial charge >= 0.3 is 0 Å². The van der Waals surface area contributed by atoms with Gasteiger partial charge in [-0.1, -0.05) is 53.7 Å². The molecule has 0 saturated carbocycles. The van der Waals surface area contributed by atoms with Gasteiger partial charge < -0.3 is 4.74 Å². The summed E-state index contributed by atoms with van der Waals surface area (Å²) in [5.41, 5.74) is -0.0569. The smallest absolute Gasteiger partial charge is 0.186 e. The Kier molecular flexibility index (Phi) is 5.46. The fourth-order valence-corrected chi connectivity index (χ4v) is 4.38. The molecule has 1 aliphatic heterocycles. The van der Waals surface area contributed by atoms with E-state index in [-0.39, 0.29) is 12.1 Å². The minimum absolute atomic E-state index is 0.214. The highest BCUT2D eigenvalue weighted by molar-refractivity contribution is 7.99. The number of halogens is 3. The summed E-state index contributed by atoms with van der Waals surface area (Å²) < 4.78 is 36.1. The first-order chi connectivity index (χ1) is 13.9. The number of ether oxygens (including phenoxy) is 1. The van der Waals surface area contributed by atoms with Gasteiger partial charge in [-0.2, -0.15) is 5.10 Å². The molecule has 1 saturated heterocycles. The summed E-state index contributed by atoms with van der Waals surface area (Å²) in [6.45, 7) is 5.73. The molecule has 29 heavy (non-hydrogen) atoms. The summed E-state index contributed by atoms with van der Waals surface area (Å²) in [6, 6.07) is 10.8. The third kappa shape index (κ3) is 3.82. The first-order valence-electron chi connectivity index (χ1n) is 8.97. The maximum absolute atomic E-state index is 14.8. The molecule has 0 spiro atoms. The third-order valence-electron chi connectivity index (χ3n) is 4.73. The molecule has 2 atom stereocenters. The molecule has 150 valence electrons. The van der Waals surface area contributed by atoms with Crippen LogP contribution in [0.1, 0.15) is 23.1 Å². The number of hydrogen-bond acceptors (Lipinski definition) is 4. The molecule has 0 bridgehead atoms. The Morgan fingerprint density at radius 2 is 2.10 bits per heavy atom. The van der Waals surface area contributed by atoms with Gasteiger partial charge in [-0.3, -0.25) is 0 Å². The predicted molar refractivity (Wildman–Crippen MR) is 109 cm³/mol. The summed E-state index contributed by atoms with van der Waals surface area (Å²) in [6.07, 6.45) is 1.28. The van der Waals surface area contributed by atoms with Crippen LogP contribution >= 0.6 is 23.4 Å². The van der Waals surface area contributed by atoms with Gasteiger partial charge in [0.2, 0.25) is 0 Å². The van der Waals surface area contributed by atoms with Crippen LogP contribution in [0.2, 0.25) is 5.02 Å². The topological polar surface area (TPSA) is 43.2 Å². The molecule has 1 aromatic heterocycles. The van der Waals surface area contributed by atoms with Crippen molar-refractivity contribution >= 4 is 23.4 Å². The van der Waals surface area contributed by atoms with Crippen LogP contribution < -0.4 is 0 Å². The van der Waals surface area contributed by atoms with E-state index >= 15 is 0 Å². The number of thioether (sulfide) groups is 1. The number of epoxide rings is 1. The molecule has 0 aliphatic carbocycles. The van der Waals surface area contributed by atoms with Gasteiger partial charge in [0.05, 0.1) is 6.54 Å². The molecule has 2 aromatic carbocycles. The molecule has 0 amide bonds. The molecule has 4 nitrogen and oxygen atoms in total. The lowest BCUT2D eigenvalue weighted by Gasteiger charge is -2.16. The first kappa shape index (κ1) is 20.1. The average Bonchev–Trinajstić information content (AvgIpc) is 3.28. The number of aryl methyl sites for hydroxylation is 1. The molecule has 2 heterocycles. The van der Waals surface area contributed by atoms with Crippen molar-refractivity contribution in [2.75, 3.05) is 5.75 Å². The second-order valence-electron chi connectivity index (χ2n) is 6.73. The molecule has 0 unspecified atom stereocenters. The van der Waals surface area contributed by atoms with Crippen molar-refractivity contribution < 1.29 is 13.5 Å². The summed E-state index contributed by atoms with van der Waals surface area (Å²) >= 11 is 7.84. The standard InChI is InChI=1S/C21H18ClF2N3OS/c1-3-10-29-20-25-13(2)26-27(20)12-21(16-9-8-14(23)11-18(16)24)19(28-21)15-6-4-5-7-17(15)22/h3-9,11,19H,1,10,12H2,2H3/t19-,21-/m0/s1. The Labute approximate surface area is 176 Å². The van der Waals surface area contributed by atoms with Gasteiger partial charge in [0, 0.05) is 28.0 Å². The van der Waals surface area contributed by atoms with E-state index in [1.54, 1.807) is 23.7 Å². The Hall–Kier alpha value is -2.22. The molecule has 8 heteroatoms. The second-order valence-corrected chi connectivity index (χ2v) is 8.13. The maximum Gasteiger partial charge on any atom is 0.186 e. The predicted octanol–water partition coefficient (Wildman–Crippen LogP) is 5.46. The molecule has 1 aliphatic rings. The van der Waals surface area contributed by atoms with Gasteiger partial charge in [0.15, 0.2) is 5.16 Å². The van der Waals surface area contributed by atoms with E-state index in [0.29, 0.717) is 21.8 Å². The molecule has 3 aromatic rings. The van der Waals surface area contributed by atoms with Gasteiger partial charge in [-0.25, -0.2) is 18.4 Å². The van der Waals surface area contributed by atoms with Crippen molar-refractivity contribution in [1.29, 1.82) is 0 Å². The van der Waals surface area contributed by atoms with Crippen molar-refractivity contribution in [3.8, 4) is 0 Å². The van der Waals surface area contributed by atoms with Crippen LogP contribution in [0.3, 0.4) is 0 Å². The third-order valence-corrected chi connectivity index (χ3v) is 6.03. The Morgan fingerprint density at radius 1 is 1.31 bits per heavy atom. The van der Waals surface area contributed by atoms with Crippen LogP contribution in [-0.2, 0) is 16.9 Å². The van der Waals surface area contributed by atoms with E-state index in [1.165, 1.54) is 23.9 Å². The van der Waals surface area contributed by atoms with E-state index in [0.717, 1.165) is 11.6 Å². The van der Waals surface area contributed by atoms with Crippen LogP contribution in [-0.4, -0.2) is 20.5 Å². The van der Waals surface area contributed by atoms with Gasteiger partial charge in [0.25, 0.3) is 0 Å². The zero-order valence-corrected chi connectivity index (χ0v) is 17.2. The zero-order chi connectivity index (χ0) is 20.6. The van der Waals surface area contributed by atoms with E-state index in [1.807, 2.05) is 18.2 Å². The van der Waals surface area contributed by atoms with Gasteiger partial charge in [0.1, 0.15) is 29.2 Å². The monoisotopic (exact) mass is 433 g/mol. The van der Waals surface area contributed by atoms with Crippen molar-refractivity contribution in [3.63, 3.8) is 0 Å². The molecule has 4 rings (SSSR count). The Morgan fingerprint density at radius 3 is 2.83 bits per heavy atom. The highest BCUT2D eigenvalue weighted by atomic mass is 35.5. The first-order valence-corrected chi connectivity index (χ1v) is 10.3. The highest BCUT2D eigenvalue weighted by Gasteiger charge is 2.61. The number of rotatable bonds is 7. The largest absolute Gasteiger partial charge is 0.354 e. The quantitative estimate of drug-likeness (QED) is 0.282. The normalized spacial score (nSPS) is 20.6. The number of nitrogens with zero attached hydrogens (tertiary/aromatic N) is 3. The van der Waals surface area contributed by atoms with Crippen LogP contribution in [0.25, 0.3) is 0 Å². The van der Waals surface area contributed by atoms with E-state index in [2.05, 4.69) is 16.7 Å². The minimum Gasteiger partial charge on any atom is -0.354 e. The fraction of sp³-hybridized carbons (Fsp3) is 0.238. The lowest BCUT2D eigenvalue weighted by molar-refractivity contribution is 0.250. The SMILES string of the molecule is C=CCSc1nc(C)nn1C[C@@]1(c2ccc(F)cc2F)O[C@H]1c1ccccc1Cl. The van der Waals surface area contributed by atoms with Crippen molar-refractivity contribution in [2.24, 2.45) is 0 Å². The Balaban J connectivity index is 1.77. The molecular formula is C21H18ClF2N3OS. The zero-order valence-electron chi connectivity index (χ0n) is 15.6. The number of benzene rings is 2. The van der Waals surface area contributed by atoms with E-state index in [4.69, 9.17) is 16.3 Å². The van der Waals surface area contributed by atoms with Crippen LogP contribution in [0.5, 0.6) is 0 Å². The minimum atomic E-state index is -1.06. The average molecular weight is 434 g/mol. The van der Waals surface area contributed by atoms with Crippen molar-refractivity contribution in [3.05, 3.63) is 88.7 Å². The molecule has 0 radical (unpaired) electrons. The summed E-state index contributed by atoms with van der Waals surface area (Å²) in [5, 5.41) is 5.66. The highest BCUT2D eigenvalue weighted by Crippen LogP contribution is 2.59. The summed E-state index contributed by atoms with van der Waals surface area (Å²) in [7, 11) is 0. The van der Waals surface area contributed by atoms with E-state index < -0.39 is 23.3 Å².